The fourth-order valence-electron chi connectivity index (χ4n) is 11.5. The molecule has 0 amide bonds. The normalized spacial score (nSPS) is 41.8. The van der Waals surface area contributed by atoms with Gasteiger partial charge in [0.05, 0.1) is 28.7 Å². The van der Waals surface area contributed by atoms with Gasteiger partial charge in [-0.2, -0.15) is 0 Å². The minimum Gasteiger partial charge on any atom is -0.393 e. The van der Waals surface area contributed by atoms with Gasteiger partial charge < -0.3 is 36.2 Å². The number of aliphatic hydroxyl groups is 4. The molecule has 4 aliphatic carbocycles. The van der Waals surface area contributed by atoms with Crippen LogP contribution in [0.5, 0.6) is 0 Å². The van der Waals surface area contributed by atoms with Gasteiger partial charge in [0, 0.05) is 17.9 Å². The van der Waals surface area contributed by atoms with Gasteiger partial charge in [-0.15, -0.1) is 0 Å². The van der Waals surface area contributed by atoms with Crippen molar-refractivity contribution in [2.45, 2.75) is 167 Å². The van der Waals surface area contributed by atoms with Gasteiger partial charge in [-0.25, -0.2) is 0 Å². The van der Waals surface area contributed by atoms with E-state index in [0.717, 1.165) is 68.9 Å². The number of aliphatic hydroxyl groups excluding tert-OH is 1. The summed E-state index contributed by atoms with van der Waals surface area (Å²) in [6.45, 7) is 12.8. The summed E-state index contributed by atoms with van der Waals surface area (Å²) in [4.78, 5) is 14.0. The van der Waals surface area contributed by atoms with Gasteiger partial charge >= 0.3 is 0 Å². The van der Waals surface area contributed by atoms with Gasteiger partial charge in [0.15, 0.2) is 5.78 Å². The summed E-state index contributed by atoms with van der Waals surface area (Å²) in [7, 11) is 0. The Morgan fingerprint density at radius 1 is 1.00 bits per heavy atom. The van der Waals surface area contributed by atoms with Crippen LogP contribution in [0.15, 0.2) is 35.2 Å². The highest BCUT2D eigenvalue weighted by Gasteiger charge is 2.73. The van der Waals surface area contributed by atoms with Crippen molar-refractivity contribution in [2.24, 2.45) is 39.7 Å². The highest BCUT2D eigenvalue weighted by atomic mass is 16.6. The van der Waals surface area contributed by atoms with E-state index in [-0.39, 0.29) is 29.0 Å². The van der Waals surface area contributed by atoms with Crippen molar-refractivity contribution in [3.63, 3.8) is 0 Å². The largest absolute Gasteiger partial charge is 0.393 e. The van der Waals surface area contributed by atoms with Crippen LogP contribution in [0.3, 0.4) is 0 Å². The third-order valence-corrected chi connectivity index (χ3v) is 15.0. The van der Waals surface area contributed by atoms with Gasteiger partial charge in [-0.1, -0.05) is 59.5 Å². The molecule has 0 radical (unpaired) electrons. The van der Waals surface area contributed by atoms with E-state index < -0.39 is 45.9 Å². The first-order valence-corrected chi connectivity index (χ1v) is 19.1. The molecule has 0 aromatic carbocycles. The number of rotatable bonds is 12. The minimum absolute atomic E-state index is 0.0747. The lowest BCUT2D eigenvalue weighted by Gasteiger charge is -2.61. The van der Waals surface area contributed by atoms with Crippen LogP contribution in [0.2, 0.25) is 0 Å². The van der Waals surface area contributed by atoms with Crippen molar-refractivity contribution in [1.82, 2.24) is 5.32 Å². The minimum atomic E-state index is -1.28. The molecule has 0 spiro atoms. The molecule has 270 valence electrons. The highest BCUT2D eigenvalue weighted by Crippen LogP contribution is 2.70. The summed E-state index contributed by atoms with van der Waals surface area (Å²) in [6.07, 6.45) is 16.2. The Kier molecular flexibility index (Phi) is 9.40. The van der Waals surface area contributed by atoms with E-state index in [9.17, 15) is 25.2 Å². The standard InChI is InChI=1S/C40H64N2O6/c1-7-8-9-10-16-39-19-12-26(43)23-29(39)30(44)24-28-27(39)13-18-36(4)31(14-20-40(28,36)47)37(5,45)33-34(48-33)38(6,46)35(2,3)17-11-25-15-21-42-32(41)22-25/h15,22,24,26-27,29,31,33-34,42-43,45-47H,7-14,16-21,23,41H2,1-6H3. The number of allylic oxidation sites excluding steroid dienone is 3. The number of carbonyl (C=O) groups is 1. The lowest BCUT2D eigenvalue weighted by molar-refractivity contribution is -0.156. The first-order chi connectivity index (χ1) is 22.4. The summed E-state index contributed by atoms with van der Waals surface area (Å²) >= 11 is 0. The molecule has 2 aliphatic heterocycles. The molecule has 0 bridgehead atoms. The maximum Gasteiger partial charge on any atom is 0.159 e. The van der Waals surface area contributed by atoms with Crippen LogP contribution in [0, 0.1) is 34.0 Å². The maximum absolute atomic E-state index is 14.0. The molecule has 8 nitrogen and oxygen atoms in total. The Morgan fingerprint density at radius 3 is 2.46 bits per heavy atom. The predicted molar refractivity (Wildman–Crippen MR) is 187 cm³/mol. The van der Waals surface area contributed by atoms with E-state index in [2.05, 4.69) is 39.1 Å². The average molecular weight is 669 g/mol. The summed E-state index contributed by atoms with van der Waals surface area (Å²) in [5, 5.41) is 51.0. The zero-order valence-electron chi connectivity index (χ0n) is 30.5. The Bertz CT molecular complexity index is 1350. The number of hydrogen-bond donors (Lipinski definition) is 6. The van der Waals surface area contributed by atoms with Crippen LogP contribution in [0.4, 0.5) is 0 Å². The van der Waals surface area contributed by atoms with E-state index in [4.69, 9.17) is 10.5 Å². The van der Waals surface area contributed by atoms with Crippen molar-refractivity contribution in [3.05, 3.63) is 35.2 Å². The molecular weight excluding hydrogens is 604 g/mol. The number of epoxide rings is 1. The van der Waals surface area contributed by atoms with Crippen LogP contribution in [-0.2, 0) is 9.53 Å². The number of fused-ring (bicyclic) bond motifs is 5. The molecule has 6 rings (SSSR count). The Morgan fingerprint density at radius 2 is 1.75 bits per heavy atom. The second-order valence-electron chi connectivity index (χ2n) is 18.0. The van der Waals surface area contributed by atoms with Gasteiger partial charge in [0.1, 0.15) is 12.2 Å². The molecule has 8 heteroatoms. The van der Waals surface area contributed by atoms with E-state index >= 15 is 0 Å². The van der Waals surface area contributed by atoms with Crippen LogP contribution in [0.1, 0.15) is 131 Å². The molecule has 3 saturated carbocycles. The Balaban J connectivity index is 1.22. The molecule has 4 fully saturated rings. The van der Waals surface area contributed by atoms with Gasteiger partial charge in [0.25, 0.3) is 0 Å². The van der Waals surface area contributed by atoms with Gasteiger partial charge in [-0.3, -0.25) is 4.79 Å². The monoisotopic (exact) mass is 668 g/mol. The molecule has 11 atom stereocenters. The van der Waals surface area contributed by atoms with E-state index in [1.807, 2.05) is 19.9 Å². The average Bonchev–Trinajstić information content (AvgIpc) is 3.80. The number of hydrogen-bond acceptors (Lipinski definition) is 8. The second-order valence-corrected chi connectivity index (χ2v) is 18.0. The van der Waals surface area contributed by atoms with E-state index in [0.29, 0.717) is 38.0 Å². The molecular formula is C40H64N2O6. The third-order valence-electron chi connectivity index (χ3n) is 15.0. The lowest BCUT2D eigenvalue weighted by Crippen LogP contribution is -2.62. The number of ketones is 1. The second kappa shape index (κ2) is 12.5. The predicted octanol–water partition coefficient (Wildman–Crippen LogP) is 5.58. The van der Waals surface area contributed by atoms with Crippen LogP contribution in [0.25, 0.3) is 0 Å². The molecule has 7 N–H and O–H groups in total. The van der Waals surface area contributed by atoms with Crippen LogP contribution in [-0.4, -0.2) is 67.9 Å². The summed E-state index contributed by atoms with van der Waals surface area (Å²) in [5.41, 5.74) is 3.00. The summed E-state index contributed by atoms with van der Waals surface area (Å²) in [6, 6.07) is 0. The smallest absolute Gasteiger partial charge is 0.159 e. The third kappa shape index (κ3) is 5.64. The van der Waals surface area contributed by atoms with Crippen molar-refractivity contribution in [2.75, 3.05) is 6.54 Å². The van der Waals surface area contributed by atoms with Crippen molar-refractivity contribution < 1.29 is 30.0 Å². The number of nitrogens with two attached hydrogens (primary N) is 1. The lowest BCUT2D eigenvalue weighted by atomic mass is 9.44. The van der Waals surface area contributed by atoms with Crippen molar-refractivity contribution >= 4 is 5.78 Å². The summed E-state index contributed by atoms with van der Waals surface area (Å²) < 4.78 is 6.27. The fourth-order valence-corrected chi connectivity index (χ4v) is 11.5. The number of dihydropyridines is 1. The summed E-state index contributed by atoms with van der Waals surface area (Å²) in [5.74, 6) is 0.398. The van der Waals surface area contributed by atoms with E-state index in [1.54, 1.807) is 6.08 Å². The SMILES string of the molecule is CCCCCCC12CCC(O)CC1C(=O)C=C1C2CCC2(C)C(C(C)(O)C3OC3C(C)(O)C(C)(C)CCC3=CCNC(N)=C3)CCC12O. The zero-order chi connectivity index (χ0) is 34.9. The molecule has 1 saturated heterocycles. The topological polar surface area (TPSA) is 149 Å². The Hall–Kier alpha value is -1.71. The Labute approximate surface area is 288 Å². The van der Waals surface area contributed by atoms with Crippen LogP contribution < -0.4 is 11.1 Å². The first kappa shape index (κ1) is 36.1. The quantitative estimate of drug-likeness (QED) is 0.117. The molecule has 0 aromatic heterocycles. The van der Waals surface area contributed by atoms with E-state index in [1.165, 1.54) is 6.42 Å². The molecule has 0 aromatic rings. The van der Waals surface area contributed by atoms with Gasteiger partial charge in [0.2, 0.25) is 0 Å². The number of unbranched alkanes of at least 4 members (excludes halogenated alkanes) is 3. The zero-order valence-corrected chi connectivity index (χ0v) is 30.5. The fraction of sp³-hybridized carbons (Fsp3) is 0.825. The van der Waals surface area contributed by atoms with Crippen molar-refractivity contribution in [3.8, 4) is 0 Å². The maximum atomic E-state index is 14.0. The van der Waals surface area contributed by atoms with Gasteiger partial charge in [-0.05, 0) is 124 Å². The van der Waals surface area contributed by atoms with Crippen molar-refractivity contribution in [1.29, 1.82) is 0 Å². The number of carbonyl (C=O) groups excluding carboxylic acids is 1. The first-order valence-electron chi connectivity index (χ1n) is 19.1. The highest BCUT2D eigenvalue weighted by molar-refractivity contribution is 5.95. The number of ether oxygens (including phenoxy) is 1. The molecule has 48 heavy (non-hydrogen) atoms. The molecule has 11 unspecified atom stereocenters. The van der Waals surface area contributed by atoms with Crippen LogP contribution >= 0.6 is 0 Å². The molecule has 2 heterocycles. The number of nitrogens with one attached hydrogen (secondary N) is 1. The molecule has 6 aliphatic rings.